The summed E-state index contributed by atoms with van der Waals surface area (Å²) in [4.78, 5) is 6.64. The summed E-state index contributed by atoms with van der Waals surface area (Å²) in [7, 11) is 0. The van der Waals surface area contributed by atoms with Crippen LogP contribution in [-0.4, -0.2) is 33.3 Å². The highest BCUT2D eigenvalue weighted by Crippen LogP contribution is 2.38. The molecule has 8 heteroatoms. The average molecular weight is 453 g/mol. The summed E-state index contributed by atoms with van der Waals surface area (Å²) in [5, 5.41) is 8.18. The van der Waals surface area contributed by atoms with Crippen molar-refractivity contribution in [3.05, 3.63) is 71.5 Å². The number of thiocarbonyl (C=S) groups is 1. The predicted octanol–water partition coefficient (Wildman–Crippen LogP) is 5.35. The van der Waals surface area contributed by atoms with Gasteiger partial charge in [0, 0.05) is 17.8 Å². The maximum Gasteiger partial charge on any atom is 0.258 e. The van der Waals surface area contributed by atoms with E-state index in [-0.39, 0.29) is 11.9 Å². The quantitative estimate of drug-likeness (QED) is 0.485. The van der Waals surface area contributed by atoms with Crippen LogP contribution in [0.25, 0.3) is 17.0 Å². The van der Waals surface area contributed by atoms with Crippen LogP contribution >= 0.6 is 12.2 Å². The minimum absolute atomic E-state index is 0.271. The fourth-order valence-corrected chi connectivity index (χ4v) is 4.15. The minimum Gasteiger partial charge on any atom is -0.494 e. The van der Waals surface area contributed by atoms with E-state index in [2.05, 4.69) is 22.4 Å². The number of hydrogen-bond donors (Lipinski definition) is 1. The summed E-state index contributed by atoms with van der Waals surface area (Å²) >= 11 is 5.66. The molecular weight excluding hydrogens is 427 g/mol. The van der Waals surface area contributed by atoms with Crippen LogP contribution in [0.5, 0.6) is 5.75 Å². The number of nitrogens with one attached hydrogen (secondary N) is 1. The van der Waals surface area contributed by atoms with Crippen LogP contribution in [0.1, 0.15) is 44.7 Å². The highest BCUT2D eigenvalue weighted by atomic mass is 32.1. The van der Waals surface area contributed by atoms with Gasteiger partial charge in [-0.05, 0) is 62.3 Å². The third-order valence-corrected chi connectivity index (χ3v) is 5.65. The number of nitrogens with zero attached hydrogens (tertiary/aromatic N) is 3. The molecule has 1 atom stereocenters. The van der Waals surface area contributed by atoms with Crippen molar-refractivity contribution in [2.45, 2.75) is 33.2 Å². The Morgan fingerprint density at radius 3 is 2.66 bits per heavy atom. The van der Waals surface area contributed by atoms with E-state index < -0.39 is 0 Å². The molecule has 0 fully saturated rings. The standard InChI is InChI=1S/C24H25FN4O2S/c1-4-13-29-15(3)20(23-27-22(28-31-23)17-7-6-8-18(25)14-17)21(26-24(29)32)16-9-11-19(12-10-16)30-5-2/h6-12,14,21H,4-5,13H2,1-3H3,(H,26,32). The monoisotopic (exact) mass is 452 g/mol. The lowest BCUT2D eigenvalue weighted by Gasteiger charge is -2.37. The molecule has 3 aromatic rings. The minimum atomic E-state index is -0.352. The first kappa shape index (κ1) is 22.0. The van der Waals surface area contributed by atoms with Crippen molar-refractivity contribution in [2.24, 2.45) is 0 Å². The number of aromatic nitrogens is 2. The van der Waals surface area contributed by atoms with Crippen LogP contribution < -0.4 is 10.1 Å². The first-order valence-corrected chi connectivity index (χ1v) is 11.0. The molecule has 166 valence electrons. The van der Waals surface area contributed by atoms with Gasteiger partial charge in [-0.25, -0.2) is 4.39 Å². The second-order valence-electron chi connectivity index (χ2n) is 7.47. The fourth-order valence-electron chi connectivity index (χ4n) is 3.80. The molecular formula is C24H25FN4O2S. The molecule has 0 radical (unpaired) electrons. The summed E-state index contributed by atoms with van der Waals surface area (Å²) in [6.45, 7) is 7.43. The molecule has 0 spiro atoms. The van der Waals surface area contributed by atoms with Crippen molar-refractivity contribution < 1.29 is 13.7 Å². The fraction of sp³-hybridized carbons (Fsp3) is 0.292. The summed E-state index contributed by atoms with van der Waals surface area (Å²) in [5.41, 5.74) is 3.34. The third kappa shape index (κ3) is 4.36. The van der Waals surface area contributed by atoms with E-state index in [0.29, 0.717) is 29.0 Å². The SMILES string of the molecule is CCCN1C(=S)NC(c2ccc(OCC)cc2)C(c2nc(-c3cccc(F)c3)no2)=C1C. The van der Waals surface area contributed by atoms with Gasteiger partial charge >= 0.3 is 0 Å². The molecule has 0 saturated carbocycles. The van der Waals surface area contributed by atoms with Crippen LogP contribution in [0.15, 0.2) is 58.8 Å². The van der Waals surface area contributed by atoms with Gasteiger partial charge in [-0.3, -0.25) is 0 Å². The number of benzene rings is 2. The molecule has 4 rings (SSSR count). The van der Waals surface area contributed by atoms with Crippen LogP contribution in [0.3, 0.4) is 0 Å². The van der Waals surface area contributed by atoms with Crippen molar-refractivity contribution >= 4 is 22.9 Å². The van der Waals surface area contributed by atoms with Gasteiger partial charge in [-0.2, -0.15) is 4.98 Å². The molecule has 1 N–H and O–H groups in total. The second kappa shape index (κ2) is 9.48. The van der Waals surface area contributed by atoms with Crippen LogP contribution in [0.2, 0.25) is 0 Å². The van der Waals surface area contributed by atoms with Crippen LogP contribution in [0, 0.1) is 5.82 Å². The zero-order chi connectivity index (χ0) is 22.7. The summed E-state index contributed by atoms with van der Waals surface area (Å²) in [6, 6.07) is 13.7. The molecule has 1 aliphatic heterocycles. The summed E-state index contributed by atoms with van der Waals surface area (Å²) in [6.07, 6.45) is 0.929. The lowest BCUT2D eigenvalue weighted by Crippen LogP contribution is -2.46. The number of rotatable bonds is 7. The Morgan fingerprint density at radius 1 is 1.19 bits per heavy atom. The van der Waals surface area contributed by atoms with Gasteiger partial charge in [0.05, 0.1) is 18.2 Å². The highest BCUT2D eigenvalue weighted by molar-refractivity contribution is 7.80. The molecule has 2 aromatic carbocycles. The number of allylic oxidation sites excluding steroid dienone is 1. The smallest absolute Gasteiger partial charge is 0.258 e. The van der Waals surface area contributed by atoms with Crippen molar-refractivity contribution in [3.8, 4) is 17.1 Å². The zero-order valence-corrected chi connectivity index (χ0v) is 19.1. The molecule has 1 aromatic heterocycles. The Labute approximate surface area is 192 Å². The van der Waals surface area contributed by atoms with Gasteiger partial charge in [0.2, 0.25) is 5.82 Å². The predicted molar refractivity (Wildman–Crippen MR) is 125 cm³/mol. The van der Waals surface area contributed by atoms with Crippen molar-refractivity contribution in [1.82, 2.24) is 20.4 Å². The largest absolute Gasteiger partial charge is 0.494 e. The lowest BCUT2D eigenvalue weighted by atomic mass is 9.94. The van der Waals surface area contributed by atoms with E-state index >= 15 is 0 Å². The van der Waals surface area contributed by atoms with Crippen molar-refractivity contribution in [2.75, 3.05) is 13.2 Å². The number of hydrogen-bond acceptors (Lipinski definition) is 5. The Balaban J connectivity index is 1.77. The molecule has 1 unspecified atom stereocenters. The van der Waals surface area contributed by atoms with E-state index in [1.807, 2.05) is 43.0 Å². The highest BCUT2D eigenvalue weighted by Gasteiger charge is 2.33. The van der Waals surface area contributed by atoms with Crippen molar-refractivity contribution in [3.63, 3.8) is 0 Å². The first-order chi connectivity index (χ1) is 15.5. The summed E-state index contributed by atoms with van der Waals surface area (Å²) in [5.74, 6) is 1.16. The Bertz CT molecular complexity index is 1140. The number of halogens is 1. The molecule has 2 heterocycles. The maximum atomic E-state index is 13.7. The van der Waals surface area contributed by atoms with Gasteiger partial charge in [0.1, 0.15) is 11.6 Å². The van der Waals surface area contributed by atoms with E-state index in [4.69, 9.17) is 21.5 Å². The normalized spacial score (nSPS) is 16.3. The Morgan fingerprint density at radius 2 is 1.97 bits per heavy atom. The molecule has 1 aliphatic rings. The van der Waals surface area contributed by atoms with Crippen LogP contribution in [-0.2, 0) is 0 Å². The van der Waals surface area contributed by atoms with E-state index in [9.17, 15) is 4.39 Å². The van der Waals surface area contributed by atoms with Crippen molar-refractivity contribution in [1.29, 1.82) is 0 Å². The Hall–Kier alpha value is -3.26. The molecule has 0 amide bonds. The maximum absolute atomic E-state index is 13.7. The zero-order valence-electron chi connectivity index (χ0n) is 18.3. The Kier molecular flexibility index (Phi) is 6.50. The first-order valence-electron chi connectivity index (χ1n) is 10.6. The topological polar surface area (TPSA) is 63.4 Å². The van der Waals surface area contributed by atoms with Gasteiger partial charge in [-0.15, -0.1) is 0 Å². The molecule has 32 heavy (non-hydrogen) atoms. The van der Waals surface area contributed by atoms with Gasteiger partial charge in [0.15, 0.2) is 5.11 Å². The molecule has 0 bridgehead atoms. The average Bonchev–Trinajstić information content (AvgIpc) is 3.27. The number of ether oxygens (including phenoxy) is 1. The van der Waals surface area contributed by atoms with E-state index in [0.717, 1.165) is 35.5 Å². The second-order valence-corrected chi connectivity index (χ2v) is 7.86. The van der Waals surface area contributed by atoms with Crippen LogP contribution in [0.4, 0.5) is 4.39 Å². The van der Waals surface area contributed by atoms with E-state index in [1.165, 1.54) is 12.1 Å². The molecule has 6 nitrogen and oxygen atoms in total. The molecule has 0 saturated heterocycles. The third-order valence-electron chi connectivity index (χ3n) is 5.31. The van der Waals surface area contributed by atoms with E-state index in [1.54, 1.807) is 12.1 Å². The van der Waals surface area contributed by atoms with Gasteiger partial charge in [-0.1, -0.05) is 36.3 Å². The summed E-state index contributed by atoms with van der Waals surface area (Å²) < 4.78 is 24.9. The lowest BCUT2D eigenvalue weighted by molar-refractivity contribution is 0.340. The van der Waals surface area contributed by atoms with Gasteiger partial charge < -0.3 is 19.5 Å². The van der Waals surface area contributed by atoms with Gasteiger partial charge in [0.25, 0.3) is 5.89 Å². The molecule has 0 aliphatic carbocycles.